The Morgan fingerprint density at radius 3 is 2.26 bits per heavy atom. The molecule has 0 amide bonds. The Kier molecular flexibility index (Phi) is 4.76. The normalized spacial score (nSPS) is 9.89. The number of non-ortho nitro benzene ring substituents is 1. The zero-order valence-electron chi connectivity index (χ0n) is 9.48. The molecule has 92 valence electrons. The largest absolute Gasteiger partial charge is 1.00 e. The van der Waals surface area contributed by atoms with Gasteiger partial charge in [0.2, 0.25) is 5.76 Å². The molecule has 0 aliphatic heterocycles. The van der Waals surface area contributed by atoms with Crippen molar-refractivity contribution in [2.75, 3.05) is 0 Å². The minimum atomic E-state index is -1.91. The van der Waals surface area contributed by atoms with Crippen LogP contribution in [0.2, 0.25) is 0 Å². The molecule has 0 unspecified atom stereocenters. The molecule has 0 atom stereocenters. The third-order valence-electron chi connectivity index (χ3n) is 2.23. The first-order chi connectivity index (χ1) is 8.43. The summed E-state index contributed by atoms with van der Waals surface area (Å²) in [6, 6.07) is 3.44. The molecule has 0 aliphatic rings. The van der Waals surface area contributed by atoms with Gasteiger partial charge in [-0.3, -0.25) is 20.2 Å². The topological polar surface area (TPSA) is 140 Å². The van der Waals surface area contributed by atoms with Crippen LogP contribution in [0.5, 0.6) is 0 Å². The van der Waals surface area contributed by atoms with E-state index in [1.54, 1.807) is 0 Å². The smallest absolute Gasteiger partial charge is 0.541 e. The second kappa shape index (κ2) is 5.75. The summed E-state index contributed by atoms with van der Waals surface area (Å²) in [5.74, 6) is -2.95. The molecule has 9 nitrogen and oxygen atoms in total. The predicted molar refractivity (Wildman–Crippen MR) is 53.9 cm³/mol. The Morgan fingerprint density at radius 2 is 1.79 bits per heavy atom. The Labute approximate surface area is 146 Å². The van der Waals surface area contributed by atoms with E-state index in [0.29, 0.717) is 0 Å². The van der Waals surface area contributed by atoms with E-state index in [-0.39, 0.29) is 57.0 Å². The van der Waals surface area contributed by atoms with Crippen molar-refractivity contribution >= 4 is 28.3 Å². The van der Waals surface area contributed by atoms with Gasteiger partial charge < -0.3 is 14.3 Å². The zero-order valence-corrected chi connectivity index (χ0v) is 12.6. The molecule has 2 aromatic rings. The van der Waals surface area contributed by atoms with E-state index in [4.69, 9.17) is 4.42 Å². The van der Waals surface area contributed by atoms with Crippen LogP contribution >= 0.6 is 0 Å². The van der Waals surface area contributed by atoms with Crippen molar-refractivity contribution in [3.63, 3.8) is 0 Å². The van der Waals surface area contributed by atoms with E-state index in [9.17, 15) is 30.1 Å². The number of nitrogens with zero attached hydrogens (tertiary/aromatic N) is 2. The Hall–Kier alpha value is -1.33. The average Bonchev–Trinajstić information content (AvgIpc) is 2.67. The maximum atomic E-state index is 10.8. The first kappa shape index (κ1) is 15.7. The number of fused-ring (bicyclic) bond motifs is 1. The van der Waals surface area contributed by atoms with Gasteiger partial charge in [-0.15, -0.1) is 0 Å². The molecule has 0 saturated carbocycles. The summed E-state index contributed by atoms with van der Waals surface area (Å²) in [6.45, 7) is 0. The van der Waals surface area contributed by atoms with E-state index in [1.807, 2.05) is 0 Å². The van der Waals surface area contributed by atoms with Crippen molar-refractivity contribution in [2.45, 2.75) is 0 Å². The van der Waals surface area contributed by atoms with Gasteiger partial charge in [-0.2, -0.15) is 0 Å². The summed E-state index contributed by atoms with van der Waals surface area (Å²) in [6.07, 6.45) is 0. The van der Waals surface area contributed by atoms with Crippen LogP contribution in [0.25, 0.3) is 11.0 Å². The molecule has 0 fully saturated rings. The molecule has 0 N–H and O–H groups in total. The Bertz CT molecular complexity index is 693. The van der Waals surface area contributed by atoms with Crippen LogP contribution in [-0.4, -0.2) is 15.8 Å². The standard InChI is InChI=1S/C9H4N2O7.K/c12-9(13)8-7(11(16)17)6-4(10(14)15)2-1-3-5(6)18-8;/h1-3H,(H,12,13);/q;+1/p-1. The van der Waals surface area contributed by atoms with Crippen molar-refractivity contribution in [3.05, 3.63) is 44.2 Å². The third kappa shape index (κ3) is 2.67. The summed E-state index contributed by atoms with van der Waals surface area (Å²) < 4.78 is 4.70. The first-order valence-corrected chi connectivity index (χ1v) is 4.49. The fourth-order valence-corrected chi connectivity index (χ4v) is 1.58. The molecule has 1 aromatic carbocycles. The van der Waals surface area contributed by atoms with Gasteiger partial charge in [0.05, 0.1) is 9.85 Å². The number of benzene rings is 1. The molecular weight excluding hydrogens is 287 g/mol. The van der Waals surface area contributed by atoms with Gasteiger partial charge in [0.15, 0.2) is 5.39 Å². The number of carboxylic acids is 1. The summed E-state index contributed by atoms with van der Waals surface area (Å²) in [7, 11) is 0. The minimum absolute atomic E-state index is 0. The molecule has 1 aromatic heterocycles. The van der Waals surface area contributed by atoms with Crippen molar-refractivity contribution in [1.29, 1.82) is 0 Å². The third-order valence-corrected chi connectivity index (χ3v) is 2.23. The van der Waals surface area contributed by atoms with Gasteiger partial charge >= 0.3 is 57.1 Å². The van der Waals surface area contributed by atoms with Crippen molar-refractivity contribution in [2.24, 2.45) is 0 Å². The number of aromatic carboxylic acids is 1. The van der Waals surface area contributed by atoms with Gasteiger partial charge in [0, 0.05) is 6.07 Å². The Morgan fingerprint density at radius 1 is 1.16 bits per heavy atom. The van der Waals surface area contributed by atoms with Crippen LogP contribution < -0.4 is 56.5 Å². The van der Waals surface area contributed by atoms with Gasteiger partial charge in [0.25, 0.3) is 5.69 Å². The fraction of sp³-hybridized carbons (Fsp3) is 0. The molecule has 0 saturated heterocycles. The van der Waals surface area contributed by atoms with E-state index in [2.05, 4.69) is 0 Å². The van der Waals surface area contributed by atoms with Crippen LogP contribution in [0.4, 0.5) is 11.4 Å². The minimum Gasteiger partial charge on any atom is -0.541 e. The number of carboxylic acid groups (broad SMARTS) is 1. The monoisotopic (exact) mass is 290 g/mol. The first-order valence-electron chi connectivity index (χ1n) is 4.49. The molecule has 19 heavy (non-hydrogen) atoms. The number of nitro benzene ring substituents is 1. The van der Waals surface area contributed by atoms with Gasteiger partial charge in [-0.1, -0.05) is 6.07 Å². The molecule has 1 heterocycles. The van der Waals surface area contributed by atoms with Crippen LogP contribution in [0, 0.1) is 20.2 Å². The number of nitro groups is 2. The van der Waals surface area contributed by atoms with Gasteiger partial charge in [0.1, 0.15) is 11.6 Å². The van der Waals surface area contributed by atoms with Crippen LogP contribution in [0.15, 0.2) is 22.6 Å². The van der Waals surface area contributed by atoms with Gasteiger partial charge in [-0.25, -0.2) is 0 Å². The fourth-order valence-electron chi connectivity index (χ4n) is 1.58. The van der Waals surface area contributed by atoms with E-state index < -0.39 is 38.3 Å². The Balaban J connectivity index is 0.00000180. The summed E-state index contributed by atoms with van der Waals surface area (Å²) >= 11 is 0. The number of rotatable bonds is 3. The summed E-state index contributed by atoms with van der Waals surface area (Å²) in [5.41, 5.74) is -1.83. The summed E-state index contributed by atoms with van der Waals surface area (Å²) in [5, 5.41) is 31.8. The van der Waals surface area contributed by atoms with Crippen molar-refractivity contribution in [1.82, 2.24) is 0 Å². The second-order valence-corrected chi connectivity index (χ2v) is 3.23. The number of hydrogen-bond acceptors (Lipinski definition) is 7. The number of carbonyl (C=O) groups is 1. The molecule has 0 radical (unpaired) electrons. The van der Waals surface area contributed by atoms with E-state index in [0.717, 1.165) is 6.07 Å². The molecule has 2 rings (SSSR count). The van der Waals surface area contributed by atoms with Gasteiger partial charge in [-0.05, 0) is 6.07 Å². The maximum Gasteiger partial charge on any atom is 1.00 e. The SMILES string of the molecule is O=C([O-])c1oc2cccc([N+](=O)[O-])c2c1[N+](=O)[O-].[K+]. The predicted octanol–water partition coefficient (Wildman–Crippen LogP) is -2.38. The van der Waals surface area contributed by atoms with E-state index >= 15 is 0 Å². The molecule has 0 bridgehead atoms. The second-order valence-electron chi connectivity index (χ2n) is 3.23. The van der Waals surface area contributed by atoms with Crippen molar-refractivity contribution < 1.29 is 75.5 Å². The zero-order chi connectivity index (χ0) is 13.4. The quantitative estimate of drug-likeness (QED) is 0.349. The summed E-state index contributed by atoms with van der Waals surface area (Å²) in [4.78, 5) is 30.3. The van der Waals surface area contributed by atoms with E-state index in [1.165, 1.54) is 12.1 Å². The molecular formula is C9H3KN2O7. The number of carbonyl (C=O) groups excluding carboxylic acids is 1. The van der Waals surface area contributed by atoms with Crippen LogP contribution in [-0.2, 0) is 0 Å². The maximum absolute atomic E-state index is 10.8. The van der Waals surface area contributed by atoms with Crippen molar-refractivity contribution in [3.8, 4) is 0 Å². The van der Waals surface area contributed by atoms with Crippen LogP contribution in [0.3, 0.4) is 0 Å². The number of furan rings is 1. The molecule has 0 spiro atoms. The molecule has 0 aliphatic carbocycles. The number of hydrogen-bond donors (Lipinski definition) is 0. The molecule has 10 heteroatoms. The van der Waals surface area contributed by atoms with Crippen LogP contribution in [0.1, 0.15) is 10.6 Å². The average molecular weight is 290 g/mol.